The molecule has 0 aliphatic rings. The second-order valence-corrected chi connectivity index (χ2v) is 4.94. The molecule has 1 aromatic heterocycles. The molecule has 0 unspecified atom stereocenters. The van der Waals surface area contributed by atoms with Crippen LogP contribution in [0.25, 0.3) is 0 Å². The summed E-state index contributed by atoms with van der Waals surface area (Å²) in [5, 5.41) is 3.06. The van der Waals surface area contributed by atoms with Crippen molar-refractivity contribution in [2.45, 2.75) is 6.04 Å². The smallest absolute Gasteiger partial charge is 0.252 e. The Morgan fingerprint density at radius 3 is 2.09 bits per heavy atom. The van der Waals surface area contributed by atoms with Crippen molar-refractivity contribution >= 4 is 5.91 Å². The molecule has 0 fully saturated rings. The number of nitrogens with one attached hydrogen (secondary N) is 1. The second kappa shape index (κ2) is 6.68. The molecule has 0 aliphatic heterocycles. The van der Waals surface area contributed by atoms with Gasteiger partial charge in [0.25, 0.3) is 5.91 Å². The monoisotopic (exact) mass is 288 g/mol. The van der Waals surface area contributed by atoms with Gasteiger partial charge < -0.3 is 5.32 Å². The fraction of sp³-hybridized carbons (Fsp3) is 0.0526. The van der Waals surface area contributed by atoms with Gasteiger partial charge in [-0.25, -0.2) is 0 Å². The molecular formula is C19H16N2O. The van der Waals surface area contributed by atoms with Crippen LogP contribution in [0.4, 0.5) is 0 Å². The van der Waals surface area contributed by atoms with Crippen LogP contribution in [0.15, 0.2) is 85.1 Å². The van der Waals surface area contributed by atoms with Crippen LogP contribution in [0.1, 0.15) is 27.7 Å². The normalized spacial score (nSPS) is 11.6. The highest BCUT2D eigenvalue weighted by atomic mass is 16.1. The van der Waals surface area contributed by atoms with Crippen LogP contribution in [0.5, 0.6) is 0 Å². The molecule has 0 saturated carbocycles. The number of aromatic nitrogens is 1. The standard InChI is InChI=1S/C19H16N2O/c22-19(16-11-5-2-6-12-16)21-18(15-9-3-1-4-10-15)17-13-7-8-14-20-17/h1-14,18H,(H,21,22)/t18-/m1/s1. The molecule has 1 heterocycles. The van der Waals surface area contributed by atoms with E-state index in [-0.39, 0.29) is 11.9 Å². The number of benzene rings is 2. The molecule has 3 heteroatoms. The SMILES string of the molecule is O=C(N[C@H](c1ccccc1)c1ccccn1)c1ccccc1. The number of carbonyl (C=O) groups excluding carboxylic acids is 1. The van der Waals surface area contributed by atoms with E-state index in [1.165, 1.54) is 0 Å². The van der Waals surface area contributed by atoms with Crippen molar-refractivity contribution in [1.29, 1.82) is 0 Å². The third-order valence-corrected chi connectivity index (χ3v) is 3.43. The summed E-state index contributed by atoms with van der Waals surface area (Å²) < 4.78 is 0. The molecule has 0 radical (unpaired) electrons. The highest BCUT2D eigenvalue weighted by Crippen LogP contribution is 2.20. The summed E-state index contributed by atoms with van der Waals surface area (Å²) >= 11 is 0. The summed E-state index contributed by atoms with van der Waals surface area (Å²) in [6.45, 7) is 0. The van der Waals surface area contributed by atoms with Crippen LogP contribution in [-0.4, -0.2) is 10.9 Å². The number of pyridine rings is 1. The number of rotatable bonds is 4. The first-order valence-electron chi connectivity index (χ1n) is 7.16. The Morgan fingerprint density at radius 1 is 0.818 bits per heavy atom. The van der Waals surface area contributed by atoms with Gasteiger partial charge in [-0.15, -0.1) is 0 Å². The van der Waals surface area contributed by atoms with Gasteiger partial charge in [-0.2, -0.15) is 0 Å². The number of hydrogen-bond donors (Lipinski definition) is 1. The van der Waals surface area contributed by atoms with E-state index in [0.29, 0.717) is 5.56 Å². The van der Waals surface area contributed by atoms with E-state index >= 15 is 0 Å². The molecule has 1 N–H and O–H groups in total. The average molecular weight is 288 g/mol. The molecule has 0 bridgehead atoms. The van der Waals surface area contributed by atoms with Gasteiger partial charge in [-0.05, 0) is 29.8 Å². The highest BCUT2D eigenvalue weighted by Gasteiger charge is 2.18. The molecule has 108 valence electrons. The van der Waals surface area contributed by atoms with Crippen molar-refractivity contribution in [3.05, 3.63) is 102 Å². The molecule has 0 aliphatic carbocycles. The topological polar surface area (TPSA) is 42.0 Å². The zero-order chi connectivity index (χ0) is 15.2. The van der Waals surface area contributed by atoms with Crippen LogP contribution in [-0.2, 0) is 0 Å². The molecule has 3 rings (SSSR count). The van der Waals surface area contributed by atoms with E-state index in [1.807, 2.05) is 66.7 Å². The van der Waals surface area contributed by atoms with Crippen molar-refractivity contribution < 1.29 is 4.79 Å². The van der Waals surface area contributed by atoms with Crippen molar-refractivity contribution in [2.75, 3.05) is 0 Å². The first-order chi connectivity index (χ1) is 10.8. The molecule has 0 spiro atoms. The molecule has 3 aromatic rings. The second-order valence-electron chi connectivity index (χ2n) is 4.94. The molecule has 0 saturated heterocycles. The van der Waals surface area contributed by atoms with Crippen LogP contribution in [0, 0.1) is 0 Å². The summed E-state index contributed by atoms with van der Waals surface area (Å²) in [4.78, 5) is 16.9. The van der Waals surface area contributed by atoms with Crippen molar-refractivity contribution in [3.8, 4) is 0 Å². The predicted octanol–water partition coefficient (Wildman–Crippen LogP) is 3.60. The van der Waals surface area contributed by atoms with Gasteiger partial charge in [0.15, 0.2) is 0 Å². The number of hydrogen-bond acceptors (Lipinski definition) is 2. The molecule has 2 aromatic carbocycles. The quantitative estimate of drug-likeness (QED) is 0.797. The third kappa shape index (κ3) is 3.20. The molecular weight excluding hydrogens is 272 g/mol. The van der Waals surface area contributed by atoms with Crippen LogP contribution in [0.2, 0.25) is 0 Å². The van der Waals surface area contributed by atoms with Gasteiger partial charge in [0, 0.05) is 11.8 Å². The van der Waals surface area contributed by atoms with E-state index < -0.39 is 0 Å². The summed E-state index contributed by atoms with van der Waals surface area (Å²) in [5.41, 5.74) is 2.46. The Labute approximate surface area is 129 Å². The lowest BCUT2D eigenvalue weighted by atomic mass is 10.0. The maximum absolute atomic E-state index is 12.5. The van der Waals surface area contributed by atoms with Crippen LogP contribution in [0.3, 0.4) is 0 Å². The van der Waals surface area contributed by atoms with E-state index in [1.54, 1.807) is 18.3 Å². The van der Waals surface area contributed by atoms with Gasteiger partial charge in [0.05, 0.1) is 11.7 Å². The number of amides is 1. The van der Waals surface area contributed by atoms with Crippen LogP contribution >= 0.6 is 0 Å². The Kier molecular flexibility index (Phi) is 4.25. The van der Waals surface area contributed by atoms with Gasteiger partial charge >= 0.3 is 0 Å². The lowest BCUT2D eigenvalue weighted by Crippen LogP contribution is -2.29. The predicted molar refractivity (Wildman–Crippen MR) is 86.4 cm³/mol. The maximum atomic E-state index is 12.5. The van der Waals surface area contributed by atoms with Gasteiger partial charge in [0.1, 0.15) is 0 Å². The molecule has 22 heavy (non-hydrogen) atoms. The zero-order valence-electron chi connectivity index (χ0n) is 12.0. The Morgan fingerprint density at radius 2 is 1.45 bits per heavy atom. The van der Waals surface area contributed by atoms with Crippen molar-refractivity contribution in [2.24, 2.45) is 0 Å². The Hall–Kier alpha value is -2.94. The largest absolute Gasteiger partial charge is 0.340 e. The van der Waals surface area contributed by atoms with E-state index in [4.69, 9.17) is 0 Å². The maximum Gasteiger partial charge on any atom is 0.252 e. The Balaban J connectivity index is 1.91. The highest BCUT2D eigenvalue weighted by molar-refractivity contribution is 5.94. The minimum Gasteiger partial charge on any atom is -0.340 e. The lowest BCUT2D eigenvalue weighted by Gasteiger charge is -2.19. The van der Waals surface area contributed by atoms with E-state index in [0.717, 1.165) is 11.3 Å². The molecule has 1 atom stereocenters. The zero-order valence-corrected chi connectivity index (χ0v) is 12.0. The molecule has 1 amide bonds. The minimum absolute atomic E-state index is 0.111. The van der Waals surface area contributed by atoms with E-state index in [2.05, 4.69) is 10.3 Å². The van der Waals surface area contributed by atoms with Crippen LogP contribution < -0.4 is 5.32 Å². The Bertz CT molecular complexity index is 688. The van der Waals surface area contributed by atoms with Gasteiger partial charge in [0.2, 0.25) is 0 Å². The van der Waals surface area contributed by atoms with Gasteiger partial charge in [-0.3, -0.25) is 9.78 Å². The number of nitrogens with zero attached hydrogens (tertiary/aromatic N) is 1. The summed E-state index contributed by atoms with van der Waals surface area (Å²) in [5.74, 6) is -0.111. The number of carbonyl (C=O) groups is 1. The average Bonchev–Trinajstić information content (AvgIpc) is 2.62. The summed E-state index contributed by atoms with van der Waals surface area (Å²) in [6.07, 6.45) is 1.74. The lowest BCUT2D eigenvalue weighted by molar-refractivity contribution is 0.0942. The molecule has 3 nitrogen and oxygen atoms in total. The third-order valence-electron chi connectivity index (χ3n) is 3.43. The van der Waals surface area contributed by atoms with Crippen molar-refractivity contribution in [1.82, 2.24) is 10.3 Å². The fourth-order valence-corrected chi connectivity index (χ4v) is 2.32. The van der Waals surface area contributed by atoms with Crippen molar-refractivity contribution in [3.63, 3.8) is 0 Å². The van der Waals surface area contributed by atoms with E-state index in [9.17, 15) is 4.79 Å². The van der Waals surface area contributed by atoms with Gasteiger partial charge in [-0.1, -0.05) is 54.6 Å². The fourth-order valence-electron chi connectivity index (χ4n) is 2.32. The minimum atomic E-state index is -0.268. The summed E-state index contributed by atoms with van der Waals surface area (Å²) in [6, 6.07) is 24.5. The first kappa shape index (κ1) is 14.0. The summed E-state index contributed by atoms with van der Waals surface area (Å²) in [7, 11) is 0. The first-order valence-corrected chi connectivity index (χ1v) is 7.16.